The molecule has 128 valence electrons. The van der Waals surface area contributed by atoms with Gasteiger partial charge in [0.2, 0.25) is 5.96 Å². The minimum Gasteiger partial charge on any atom is -0.343 e. The van der Waals surface area contributed by atoms with Gasteiger partial charge in [0.25, 0.3) is 5.69 Å². The zero-order valence-electron chi connectivity index (χ0n) is 14.1. The Balaban J connectivity index is 1.91. The van der Waals surface area contributed by atoms with Crippen LogP contribution < -0.4 is 0 Å². The highest BCUT2D eigenvalue weighted by atomic mass is 16.6. The van der Waals surface area contributed by atoms with Gasteiger partial charge in [-0.05, 0) is 25.0 Å². The van der Waals surface area contributed by atoms with Gasteiger partial charge < -0.3 is 9.80 Å². The number of guanidine groups is 1. The SMILES string of the molecule is CCN1CCCN2C1=Nc1ccc([N+](=O)[O-])cc1C2c1ccccc1. The molecule has 4 rings (SSSR count). The van der Waals surface area contributed by atoms with Crippen molar-refractivity contribution in [2.24, 2.45) is 4.99 Å². The molecule has 0 aromatic heterocycles. The molecule has 0 aliphatic carbocycles. The van der Waals surface area contributed by atoms with Crippen LogP contribution in [0.5, 0.6) is 0 Å². The summed E-state index contributed by atoms with van der Waals surface area (Å²) in [4.78, 5) is 20.3. The summed E-state index contributed by atoms with van der Waals surface area (Å²) in [6.45, 7) is 4.93. The lowest BCUT2D eigenvalue weighted by molar-refractivity contribution is -0.384. The van der Waals surface area contributed by atoms with E-state index in [2.05, 4.69) is 28.9 Å². The van der Waals surface area contributed by atoms with Crippen molar-refractivity contribution in [3.63, 3.8) is 0 Å². The molecule has 1 fully saturated rings. The summed E-state index contributed by atoms with van der Waals surface area (Å²) in [5.74, 6) is 0.976. The molecule has 0 amide bonds. The average Bonchev–Trinajstić information content (AvgIpc) is 2.65. The van der Waals surface area contributed by atoms with Crippen LogP contribution in [0.2, 0.25) is 0 Å². The van der Waals surface area contributed by atoms with Crippen molar-refractivity contribution in [3.05, 3.63) is 69.8 Å². The van der Waals surface area contributed by atoms with Crippen LogP contribution in [0.1, 0.15) is 30.5 Å². The topological polar surface area (TPSA) is 62.0 Å². The number of non-ortho nitro benzene ring substituents is 1. The quantitative estimate of drug-likeness (QED) is 0.633. The lowest BCUT2D eigenvalue weighted by atomic mass is 9.93. The Morgan fingerprint density at radius 2 is 2.00 bits per heavy atom. The summed E-state index contributed by atoms with van der Waals surface area (Å²) in [6.07, 6.45) is 1.06. The van der Waals surface area contributed by atoms with Crippen molar-refractivity contribution < 1.29 is 4.92 Å². The Labute approximate surface area is 146 Å². The molecule has 1 atom stereocenters. The Morgan fingerprint density at radius 1 is 1.20 bits per heavy atom. The summed E-state index contributed by atoms with van der Waals surface area (Å²) in [5, 5.41) is 11.3. The van der Waals surface area contributed by atoms with E-state index in [9.17, 15) is 10.1 Å². The molecule has 25 heavy (non-hydrogen) atoms. The predicted octanol–water partition coefficient (Wildman–Crippen LogP) is 3.71. The Morgan fingerprint density at radius 3 is 2.72 bits per heavy atom. The normalized spacial score (nSPS) is 19.1. The van der Waals surface area contributed by atoms with Crippen LogP contribution in [0.25, 0.3) is 0 Å². The Bertz CT molecular complexity index is 835. The van der Waals surface area contributed by atoms with Gasteiger partial charge in [-0.3, -0.25) is 10.1 Å². The van der Waals surface area contributed by atoms with Gasteiger partial charge in [0.1, 0.15) is 0 Å². The summed E-state index contributed by atoms with van der Waals surface area (Å²) in [5.41, 5.74) is 2.98. The number of nitrogens with zero attached hydrogens (tertiary/aromatic N) is 4. The second-order valence-corrected chi connectivity index (χ2v) is 6.35. The van der Waals surface area contributed by atoms with E-state index in [-0.39, 0.29) is 16.7 Å². The van der Waals surface area contributed by atoms with E-state index in [0.717, 1.165) is 48.8 Å². The van der Waals surface area contributed by atoms with Crippen LogP contribution in [-0.4, -0.2) is 40.3 Å². The van der Waals surface area contributed by atoms with Crippen LogP contribution >= 0.6 is 0 Å². The highest BCUT2D eigenvalue weighted by Gasteiger charge is 2.36. The highest BCUT2D eigenvalue weighted by Crippen LogP contribution is 2.42. The van der Waals surface area contributed by atoms with Crippen LogP contribution in [0.4, 0.5) is 11.4 Å². The van der Waals surface area contributed by atoms with Gasteiger partial charge in [-0.15, -0.1) is 0 Å². The number of hydrogen-bond acceptors (Lipinski definition) is 5. The third kappa shape index (κ3) is 2.63. The van der Waals surface area contributed by atoms with Gasteiger partial charge in [0, 0.05) is 37.3 Å². The molecule has 2 heterocycles. The largest absolute Gasteiger partial charge is 0.343 e. The summed E-state index contributed by atoms with van der Waals surface area (Å²) in [6, 6.07) is 15.1. The van der Waals surface area contributed by atoms with Gasteiger partial charge in [0.05, 0.1) is 16.7 Å². The molecule has 1 saturated heterocycles. The van der Waals surface area contributed by atoms with E-state index in [4.69, 9.17) is 4.99 Å². The molecular weight excluding hydrogens is 316 g/mol. The zero-order valence-corrected chi connectivity index (χ0v) is 14.1. The fraction of sp³-hybridized carbons (Fsp3) is 0.316. The van der Waals surface area contributed by atoms with E-state index in [1.165, 1.54) is 0 Å². The first kappa shape index (κ1) is 15.6. The molecular formula is C19H20N4O2. The fourth-order valence-corrected chi connectivity index (χ4v) is 3.74. The molecule has 2 aromatic carbocycles. The lowest BCUT2D eigenvalue weighted by Gasteiger charge is -2.45. The number of nitro groups is 1. The van der Waals surface area contributed by atoms with Crippen molar-refractivity contribution in [3.8, 4) is 0 Å². The molecule has 0 N–H and O–H groups in total. The third-order valence-electron chi connectivity index (χ3n) is 4.91. The summed E-state index contributed by atoms with van der Waals surface area (Å²) >= 11 is 0. The van der Waals surface area contributed by atoms with Crippen LogP contribution in [0, 0.1) is 10.1 Å². The predicted molar refractivity (Wildman–Crippen MR) is 97.0 cm³/mol. The summed E-state index contributed by atoms with van der Waals surface area (Å²) in [7, 11) is 0. The molecule has 2 aliphatic heterocycles. The van der Waals surface area contributed by atoms with E-state index in [1.54, 1.807) is 18.2 Å². The molecule has 2 aromatic rings. The van der Waals surface area contributed by atoms with E-state index in [1.807, 2.05) is 18.2 Å². The molecule has 0 bridgehead atoms. The minimum atomic E-state index is -0.337. The first-order valence-electron chi connectivity index (χ1n) is 8.62. The standard InChI is InChI=1S/C19H20N4O2/c1-2-21-11-6-12-22-18(14-7-4-3-5-8-14)16-13-15(23(24)25)9-10-17(16)20-19(21)22/h3-5,7-10,13,18H,2,6,11-12H2,1H3. The van der Waals surface area contributed by atoms with Gasteiger partial charge in [-0.25, -0.2) is 4.99 Å². The van der Waals surface area contributed by atoms with Crippen molar-refractivity contribution in [1.82, 2.24) is 9.80 Å². The fourth-order valence-electron chi connectivity index (χ4n) is 3.74. The molecule has 0 spiro atoms. The minimum absolute atomic E-state index is 0.0436. The summed E-state index contributed by atoms with van der Waals surface area (Å²) < 4.78 is 0. The van der Waals surface area contributed by atoms with Gasteiger partial charge in [0.15, 0.2) is 0 Å². The molecule has 0 radical (unpaired) electrons. The monoisotopic (exact) mass is 336 g/mol. The van der Waals surface area contributed by atoms with Gasteiger partial charge in [-0.1, -0.05) is 30.3 Å². The first-order valence-corrected chi connectivity index (χ1v) is 8.62. The zero-order chi connectivity index (χ0) is 17.4. The van der Waals surface area contributed by atoms with Crippen molar-refractivity contribution in [2.75, 3.05) is 19.6 Å². The van der Waals surface area contributed by atoms with Gasteiger partial charge >= 0.3 is 0 Å². The molecule has 6 nitrogen and oxygen atoms in total. The number of fused-ring (bicyclic) bond motifs is 2. The highest BCUT2D eigenvalue weighted by molar-refractivity contribution is 5.87. The average molecular weight is 336 g/mol. The Hall–Kier alpha value is -2.89. The Kier molecular flexibility index (Phi) is 3.87. The second-order valence-electron chi connectivity index (χ2n) is 6.35. The maximum absolute atomic E-state index is 11.3. The van der Waals surface area contributed by atoms with Gasteiger partial charge in [-0.2, -0.15) is 0 Å². The number of aliphatic imine (C=N–C) groups is 1. The lowest BCUT2D eigenvalue weighted by Crippen LogP contribution is -2.52. The maximum atomic E-state index is 11.3. The second kappa shape index (κ2) is 6.20. The molecule has 6 heteroatoms. The number of benzene rings is 2. The number of rotatable bonds is 3. The maximum Gasteiger partial charge on any atom is 0.269 e. The third-order valence-corrected chi connectivity index (χ3v) is 4.91. The molecule has 2 aliphatic rings. The van der Waals surface area contributed by atoms with Crippen LogP contribution in [-0.2, 0) is 0 Å². The molecule has 0 saturated carbocycles. The number of hydrogen-bond donors (Lipinski definition) is 0. The van der Waals surface area contributed by atoms with E-state index < -0.39 is 0 Å². The van der Waals surface area contributed by atoms with Crippen LogP contribution in [0.3, 0.4) is 0 Å². The smallest absolute Gasteiger partial charge is 0.269 e. The molecule has 1 unspecified atom stereocenters. The van der Waals surface area contributed by atoms with E-state index in [0.29, 0.717) is 0 Å². The van der Waals surface area contributed by atoms with E-state index >= 15 is 0 Å². The first-order chi connectivity index (χ1) is 12.2. The van der Waals surface area contributed by atoms with Crippen LogP contribution in [0.15, 0.2) is 53.5 Å². The van der Waals surface area contributed by atoms with Crippen molar-refractivity contribution in [2.45, 2.75) is 19.4 Å². The number of nitro benzene ring substituents is 1. The van der Waals surface area contributed by atoms with Crippen molar-refractivity contribution in [1.29, 1.82) is 0 Å². The van der Waals surface area contributed by atoms with Crippen molar-refractivity contribution >= 4 is 17.3 Å².